The van der Waals surface area contributed by atoms with Gasteiger partial charge in [0.2, 0.25) is 12.7 Å². The number of fused-ring (bicyclic) bond motifs is 1. The second kappa shape index (κ2) is 9.91. The molecule has 1 saturated heterocycles. The van der Waals surface area contributed by atoms with Crippen LogP contribution in [0.25, 0.3) is 0 Å². The predicted octanol–water partition coefficient (Wildman–Crippen LogP) is 3.02. The number of hydrogen-bond donors (Lipinski definition) is 0. The summed E-state index contributed by atoms with van der Waals surface area (Å²) < 4.78 is 16.3. The maximum Gasteiger partial charge on any atom is 0.231 e. The first kappa shape index (κ1) is 22.1. The van der Waals surface area contributed by atoms with Crippen LogP contribution >= 0.6 is 12.4 Å². The van der Waals surface area contributed by atoms with Gasteiger partial charge in [0.1, 0.15) is 5.75 Å². The summed E-state index contributed by atoms with van der Waals surface area (Å²) in [4.78, 5) is 18.8. The zero-order valence-electron chi connectivity index (χ0n) is 17.4. The van der Waals surface area contributed by atoms with E-state index >= 15 is 0 Å². The number of carbonyl (C=O) groups excluding carboxylic acids is 1. The number of halogens is 1. The van der Waals surface area contributed by atoms with Crippen LogP contribution in [0, 0.1) is 0 Å². The lowest BCUT2D eigenvalue weighted by molar-refractivity contribution is -0.116. The fourth-order valence-corrected chi connectivity index (χ4v) is 3.87. The van der Waals surface area contributed by atoms with E-state index in [0.29, 0.717) is 12.3 Å². The van der Waals surface area contributed by atoms with E-state index in [0.717, 1.165) is 55.6 Å². The second-order valence-corrected chi connectivity index (χ2v) is 7.21. The molecule has 30 heavy (non-hydrogen) atoms. The Labute approximate surface area is 183 Å². The molecule has 2 aromatic rings. The van der Waals surface area contributed by atoms with Crippen LogP contribution in [0.1, 0.15) is 6.92 Å². The van der Waals surface area contributed by atoms with Crippen molar-refractivity contribution in [3.05, 3.63) is 42.5 Å². The average molecular weight is 434 g/mol. The summed E-state index contributed by atoms with van der Waals surface area (Å²) in [6, 6.07) is 13.8. The Hall–Kier alpha value is -2.64. The summed E-state index contributed by atoms with van der Waals surface area (Å²) in [5, 5.41) is 0. The first-order valence-corrected chi connectivity index (χ1v) is 9.94. The van der Waals surface area contributed by atoms with Gasteiger partial charge in [-0.05, 0) is 24.3 Å². The molecular formula is C22H28ClN3O4. The van der Waals surface area contributed by atoms with Crippen LogP contribution in [0.3, 0.4) is 0 Å². The van der Waals surface area contributed by atoms with Crippen molar-refractivity contribution in [2.75, 3.05) is 63.0 Å². The summed E-state index contributed by atoms with van der Waals surface area (Å²) in [7, 11) is 1.71. The van der Waals surface area contributed by atoms with Crippen LogP contribution in [-0.4, -0.2) is 64.0 Å². The molecule has 2 heterocycles. The van der Waals surface area contributed by atoms with Gasteiger partial charge in [0.05, 0.1) is 12.8 Å². The minimum atomic E-state index is 0. The van der Waals surface area contributed by atoms with Gasteiger partial charge in [-0.1, -0.05) is 12.1 Å². The average Bonchev–Trinajstić information content (AvgIpc) is 3.22. The number of ether oxygens (including phenoxy) is 3. The molecule has 2 aliphatic rings. The van der Waals surface area contributed by atoms with Crippen molar-refractivity contribution < 1.29 is 19.0 Å². The fraction of sp³-hybridized carbons (Fsp3) is 0.409. The number of piperazine rings is 1. The minimum absolute atomic E-state index is 0. The Bertz CT molecular complexity index is 871. The molecule has 0 aromatic heterocycles. The van der Waals surface area contributed by atoms with E-state index in [1.54, 1.807) is 18.9 Å². The SMILES string of the molecule is COc1ccccc1N1CCN(CCN(C(C)=O)c2ccc3c(c2)OCO3)CC1.Cl. The summed E-state index contributed by atoms with van der Waals surface area (Å²) in [5.74, 6) is 2.35. The predicted molar refractivity (Wildman–Crippen MR) is 119 cm³/mol. The standard InChI is InChI=1S/C22H27N3O4.ClH/c1-17(26)25(18-7-8-21-22(15-18)29-16-28-21)14-11-23-9-12-24(13-10-23)19-5-3-4-6-20(19)27-2;/h3-8,15H,9-14,16H2,1-2H3;1H. The van der Waals surface area contributed by atoms with Crippen molar-refractivity contribution >= 4 is 29.7 Å². The van der Waals surface area contributed by atoms with Crippen LogP contribution in [-0.2, 0) is 4.79 Å². The number of nitrogens with zero attached hydrogens (tertiary/aromatic N) is 3. The van der Waals surface area contributed by atoms with E-state index in [2.05, 4.69) is 15.9 Å². The fourth-order valence-electron chi connectivity index (χ4n) is 3.87. The highest BCUT2D eigenvalue weighted by atomic mass is 35.5. The molecule has 0 N–H and O–H groups in total. The number of benzene rings is 2. The molecule has 0 aliphatic carbocycles. The van der Waals surface area contributed by atoms with Crippen molar-refractivity contribution in [2.24, 2.45) is 0 Å². The van der Waals surface area contributed by atoms with Gasteiger partial charge >= 0.3 is 0 Å². The third-order valence-corrected chi connectivity index (χ3v) is 5.49. The van der Waals surface area contributed by atoms with E-state index in [4.69, 9.17) is 14.2 Å². The number of para-hydroxylation sites is 2. The highest BCUT2D eigenvalue weighted by Gasteiger charge is 2.22. The van der Waals surface area contributed by atoms with Crippen LogP contribution in [0.15, 0.2) is 42.5 Å². The number of methoxy groups -OCH3 is 1. The van der Waals surface area contributed by atoms with Crippen molar-refractivity contribution in [3.63, 3.8) is 0 Å². The first-order chi connectivity index (χ1) is 14.2. The normalized spacial score (nSPS) is 15.5. The Morgan fingerprint density at radius 1 is 1.07 bits per heavy atom. The summed E-state index contributed by atoms with van der Waals surface area (Å²) in [5.41, 5.74) is 1.98. The van der Waals surface area contributed by atoms with E-state index in [-0.39, 0.29) is 25.1 Å². The number of anilines is 2. The smallest absolute Gasteiger partial charge is 0.231 e. The molecule has 0 radical (unpaired) electrons. The molecule has 2 aliphatic heterocycles. The number of rotatable bonds is 6. The first-order valence-electron chi connectivity index (χ1n) is 9.94. The lowest BCUT2D eigenvalue weighted by Crippen LogP contribution is -2.49. The summed E-state index contributed by atoms with van der Waals surface area (Å²) in [6.45, 7) is 7.07. The molecule has 1 fully saturated rings. The minimum Gasteiger partial charge on any atom is -0.495 e. The molecule has 0 spiro atoms. The number of carbonyl (C=O) groups is 1. The van der Waals surface area contributed by atoms with Crippen molar-refractivity contribution in [3.8, 4) is 17.2 Å². The second-order valence-electron chi connectivity index (χ2n) is 7.21. The van der Waals surface area contributed by atoms with E-state index in [1.807, 2.05) is 36.4 Å². The number of hydrogen-bond acceptors (Lipinski definition) is 6. The van der Waals surface area contributed by atoms with Gasteiger partial charge in [-0.2, -0.15) is 0 Å². The van der Waals surface area contributed by atoms with Gasteiger partial charge in [-0.15, -0.1) is 12.4 Å². The monoisotopic (exact) mass is 433 g/mol. The quantitative estimate of drug-likeness (QED) is 0.698. The maximum absolute atomic E-state index is 12.2. The van der Waals surface area contributed by atoms with E-state index in [9.17, 15) is 4.79 Å². The highest BCUT2D eigenvalue weighted by molar-refractivity contribution is 5.91. The maximum atomic E-state index is 12.2. The molecule has 1 amide bonds. The molecule has 0 bridgehead atoms. The molecule has 0 saturated carbocycles. The summed E-state index contributed by atoms with van der Waals surface area (Å²) in [6.07, 6.45) is 0. The third kappa shape index (κ3) is 4.74. The van der Waals surface area contributed by atoms with Gasteiger partial charge < -0.3 is 24.0 Å². The molecule has 4 rings (SSSR count). The molecule has 7 nitrogen and oxygen atoms in total. The third-order valence-electron chi connectivity index (χ3n) is 5.49. The molecule has 0 unspecified atom stereocenters. The van der Waals surface area contributed by atoms with Crippen LogP contribution in [0.5, 0.6) is 17.2 Å². The molecule has 0 atom stereocenters. The van der Waals surface area contributed by atoms with Crippen LogP contribution in [0.2, 0.25) is 0 Å². The van der Waals surface area contributed by atoms with Gasteiger partial charge in [0.15, 0.2) is 11.5 Å². The molecule has 162 valence electrons. The lowest BCUT2D eigenvalue weighted by Gasteiger charge is -2.37. The zero-order chi connectivity index (χ0) is 20.2. The Morgan fingerprint density at radius 2 is 1.80 bits per heavy atom. The number of amides is 1. The largest absolute Gasteiger partial charge is 0.495 e. The Morgan fingerprint density at radius 3 is 2.53 bits per heavy atom. The van der Waals surface area contributed by atoms with Crippen LogP contribution < -0.4 is 24.0 Å². The summed E-state index contributed by atoms with van der Waals surface area (Å²) >= 11 is 0. The molecular weight excluding hydrogens is 406 g/mol. The van der Waals surface area contributed by atoms with E-state index < -0.39 is 0 Å². The lowest BCUT2D eigenvalue weighted by atomic mass is 10.2. The molecule has 2 aromatic carbocycles. The van der Waals surface area contributed by atoms with Crippen molar-refractivity contribution in [1.82, 2.24) is 4.90 Å². The van der Waals surface area contributed by atoms with Gasteiger partial charge in [0.25, 0.3) is 0 Å². The van der Waals surface area contributed by atoms with E-state index in [1.165, 1.54) is 0 Å². The van der Waals surface area contributed by atoms with Crippen molar-refractivity contribution in [1.29, 1.82) is 0 Å². The van der Waals surface area contributed by atoms with Gasteiger partial charge in [-0.3, -0.25) is 9.69 Å². The van der Waals surface area contributed by atoms with Gasteiger partial charge in [0, 0.05) is 57.9 Å². The topological polar surface area (TPSA) is 54.5 Å². The van der Waals surface area contributed by atoms with Crippen molar-refractivity contribution in [2.45, 2.75) is 6.92 Å². The van der Waals surface area contributed by atoms with Crippen LogP contribution in [0.4, 0.5) is 11.4 Å². The van der Waals surface area contributed by atoms with Gasteiger partial charge in [-0.25, -0.2) is 0 Å². The Balaban J connectivity index is 0.00000256. The molecule has 8 heteroatoms. The zero-order valence-corrected chi connectivity index (χ0v) is 18.2. The highest BCUT2D eigenvalue weighted by Crippen LogP contribution is 2.35. The Kier molecular flexibility index (Phi) is 7.29.